The summed E-state index contributed by atoms with van der Waals surface area (Å²) in [4.78, 5) is 25.3. The molecule has 0 aliphatic rings. The molecule has 154 valence electrons. The third-order valence-corrected chi connectivity index (χ3v) is 4.55. The number of ether oxygens (including phenoxy) is 2. The molecule has 1 heterocycles. The highest BCUT2D eigenvalue weighted by molar-refractivity contribution is 5.92. The fourth-order valence-electron chi connectivity index (χ4n) is 3.00. The Morgan fingerprint density at radius 2 is 1.87 bits per heavy atom. The molecule has 0 bridgehead atoms. The lowest BCUT2D eigenvalue weighted by Crippen LogP contribution is -2.25. The number of hydrogen-bond acceptors (Lipinski definition) is 5. The maximum absolute atomic E-state index is 12.9. The first kappa shape index (κ1) is 20.7. The molecule has 0 aliphatic heterocycles. The van der Waals surface area contributed by atoms with Crippen LogP contribution < -0.4 is 20.3 Å². The van der Waals surface area contributed by atoms with Crippen molar-refractivity contribution in [2.24, 2.45) is 7.05 Å². The number of benzene rings is 2. The van der Waals surface area contributed by atoms with Gasteiger partial charge in [-0.15, -0.1) is 0 Å². The number of anilines is 1. The SMILES string of the molecule is CCOc1cc(C#N)ccc1OCC(=O)Nc1c(C)n(C)n(-c2ccccc2)c1=O. The highest BCUT2D eigenvalue weighted by atomic mass is 16.5. The fourth-order valence-corrected chi connectivity index (χ4v) is 3.00. The first-order valence-corrected chi connectivity index (χ1v) is 9.39. The van der Waals surface area contributed by atoms with E-state index in [0.717, 1.165) is 0 Å². The number of aromatic nitrogens is 2. The van der Waals surface area contributed by atoms with E-state index in [1.807, 2.05) is 43.3 Å². The molecule has 0 radical (unpaired) electrons. The number of rotatable bonds is 7. The Bertz CT molecular complexity index is 1160. The van der Waals surface area contributed by atoms with Gasteiger partial charge in [-0.3, -0.25) is 14.3 Å². The Kier molecular flexibility index (Phi) is 6.23. The minimum absolute atomic E-state index is 0.194. The summed E-state index contributed by atoms with van der Waals surface area (Å²) in [5.74, 6) is 0.247. The quantitative estimate of drug-likeness (QED) is 0.651. The summed E-state index contributed by atoms with van der Waals surface area (Å²) in [6.07, 6.45) is 0. The lowest BCUT2D eigenvalue weighted by atomic mass is 10.2. The fraction of sp³-hybridized carbons (Fsp3) is 0.227. The van der Waals surface area contributed by atoms with E-state index in [9.17, 15) is 9.59 Å². The van der Waals surface area contributed by atoms with Crippen molar-refractivity contribution in [1.29, 1.82) is 5.26 Å². The predicted octanol–water partition coefficient (Wildman–Crippen LogP) is 2.77. The van der Waals surface area contributed by atoms with Crippen molar-refractivity contribution in [1.82, 2.24) is 9.36 Å². The van der Waals surface area contributed by atoms with Crippen LogP contribution >= 0.6 is 0 Å². The molecule has 8 nitrogen and oxygen atoms in total. The Morgan fingerprint density at radius 1 is 1.13 bits per heavy atom. The average molecular weight is 406 g/mol. The van der Waals surface area contributed by atoms with Gasteiger partial charge in [-0.05, 0) is 38.1 Å². The van der Waals surface area contributed by atoms with E-state index < -0.39 is 5.91 Å². The molecule has 8 heteroatoms. The van der Waals surface area contributed by atoms with Crippen molar-refractivity contribution in [3.05, 3.63) is 70.1 Å². The summed E-state index contributed by atoms with van der Waals surface area (Å²) in [5, 5.41) is 11.7. The van der Waals surface area contributed by atoms with Crippen LogP contribution in [0.15, 0.2) is 53.3 Å². The normalized spacial score (nSPS) is 10.3. The first-order chi connectivity index (χ1) is 14.5. The van der Waals surface area contributed by atoms with Crippen LogP contribution in [-0.4, -0.2) is 28.5 Å². The molecule has 1 N–H and O–H groups in total. The number of nitrogens with one attached hydrogen (secondary N) is 1. The molecule has 0 fully saturated rings. The van der Waals surface area contributed by atoms with E-state index in [-0.39, 0.29) is 17.9 Å². The zero-order chi connectivity index (χ0) is 21.7. The highest BCUT2D eigenvalue weighted by Gasteiger charge is 2.18. The number of nitrogens with zero attached hydrogens (tertiary/aromatic N) is 3. The van der Waals surface area contributed by atoms with E-state index in [0.29, 0.717) is 35.1 Å². The molecule has 0 unspecified atom stereocenters. The van der Waals surface area contributed by atoms with Crippen LogP contribution in [0.25, 0.3) is 5.69 Å². The number of para-hydroxylation sites is 1. The molecular weight excluding hydrogens is 384 g/mol. The Morgan fingerprint density at radius 3 is 2.53 bits per heavy atom. The summed E-state index contributed by atoms with van der Waals surface area (Å²) < 4.78 is 14.2. The summed E-state index contributed by atoms with van der Waals surface area (Å²) >= 11 is 0. The van der Waals surface area contributed by atoms with Crippen molar-refractivity contribution >= 4 is 11.6 Å². The van der Waals surface area contributed by atoms with Crippen LogP contribution in [0.4, 0.5) is 5.69 Å². The minimum Gasteiger partial charge on any atom is -0.490 e. The summed E-state index contributed by atoms with van der Waals surface area (Å²) in [5.41, 5.74) is 1.61. The molecule has 3 rings (SSSR count). The van der Waals surface area contributed by atoms with Crippen molar-refractivity contribution in [2.75, 3.05) is 18.5 Å². The smallest absolute Gasteiger partial charge is 0.295 e. The lowest BCUT2D eigenvalue weighted by molar-refractivity contribution is -0.118. The van der Waals surface area contributed by atoms with Gasteiger partial charge in [0, 0.05) is 13.1 Å². The van der Waals surface area contributed by atoms with Gasteiger partial charge >= 0.3 is 0 Å². The standard InChI is InChI=1S/C22H22N4O4/c1-4-29-19-12-16(13-23)10-11-18(19)30-14-20(27)24-21-15(2)25(3)26(22(21)28)17-8-6-5-7-9-17/h5-12H,4,14H2,1-3H3,(H,24,27). The van der Waals surface area contributed by atoms with Gasteiger partial charge in [-0.25, -0.2) is 4.68 Å². The molecule has 0 aliphatic carbocycles. The van der Waals surface area contributed by atoms with Gasteiger partial charge in [0.15, 0.2) is 18.1 Å². The Hall–Kier alpha value is -3.99. The third kappa shape index (κ3) is 4.20. The first-order valence-electron chi connectivity index (χ1n) is 9.39. The van der Waals surface area contributed by atoms with Gasteiger partial charge in [0.25, 0.3) is 11.5 Å². The second-order valence-electron chi connectivity index (χ2n) is 6.48. The lowest BCUT2D eigenvalue weighted by Gasteiger charge is -2.12. The number of carbonyl (C=O) groups is 1. The molecular formula is C22H22N4O4. The summed E-state index contributed by atoms with van der Waals surface area (Å²) in [7, 11) is 1.75. The molecule has 0 saturated heterocycles. The number of amides is 1. The van der Waals surface area contributed by atoms with Crippen LogP contribution in [0.5, 0.6) is 11.5 Å². The molecule has 1 aromatic heterocycles. The van der Waals surface area contributed by atoms with Crippen molar-refractivity contribution in [3.63, 3.8) is 0 Å². The highest BCUT2D eigenvalue weighted by Crippen LogP contribution is 2.28. The molecule has 0 atom stereocenters. The van der Waals surface area contributed by atoms with E-state index in [4.69, 9.17) is 14.7 Å². The molecule has 0 spiro atoms. The maximum Gasteiger partial charge on any atom is 0.295 e. The number of nitriles is 1. The van der Waals surface area contributed by atoms with Crippen LogP contribution in [0.3, 0.4) is 0 Å². The molecule has 2 aromatic carbocycles. The van der Waals surface area contributed by atoms with E-state index in [1.165, 1.54) is 4.68 Å². The monoisotopic (exact) mass is 406 g/mol. The van der Waals surface area contributed by atoms with Gasteiger partial charge in [0.05, 0.1) is 29.6 Å². The minimum atomic E-state index is -0.479. The van der Waals surface area contributed by atoms with E-state index in [2.05, 4.69) is 5.32 Å². The molecule has 1 amide bonds. The van der Waals surface area contributed by atoms with Crippen LogP contribution in [-0.2, 0) is 11.8 Å². The molecule has 3 aromatic rings. The van der Waals surface area contributed by atoms with Crippen molar-refractivity contribution in [3.8, 4) is 23.3 Å². The van der Waals surface area contributed by atoms with Crippen LogP contribution in [0.1, 0.15) is 18.2 Å². The Labute approximate surface area is 173 Å². The largest absolute Gasteiger partial charge is 0.490 e. The number of carbonyl (C=O) groups excluding carboxylic acids is 1. The zero-order valence-corrected chi connectivity index (χ0v) is 17.0. The van der Waals surface area contributed by atoms with Gasteiger partial charge in [-0.2, -0.15) is 5.26 Å². The van der Waals surface area contributed by atoms with Crippen molar-refractivity contribution < 1.29 is 14.3 Å². The van der Waals surface area contributed by atoms with Crippen LogP contribution in [0.2, 0.25) is 0 Å². The molecule has 30 heavy (non-hydrogen) atoms. The zero-order valence-electron chi connectivity index (χ0n) is 17.0. The number of hydrogen-bond donors (Lipinski definition) is 1. The Balaban J connectivity index is 1.77. The van der Waals surface area contributed by atoms with E-state index >= 15 is 0 Å². The third-order valence-electron chi connectivity index (χ3n) is 4.55. The van der Waals surface area contributed by atoms with E-state index in [1.54, 1.807) is 36.9 Å². The van der Waals surface area contributed by atoms with Gasteiger partial charge in [0.1, 0.15) is 5.69 Å². The summed E-state index contributed by atoms with van der Waals surface area (Å²) in [6.45, 7) is 3.64. The topological polar surface area (TPSA) is 98.3 Å². The van der Waals surface area contributed by atoms with Crippen LogP contribution in [0, 0.1) is 18.3 Å². The van der Waals surface area contributed by atoms with Gasteiger partial charge < -0.3 is 14.8 Å². The maximum atomic E-state index is 12.9. The second-order valence-corrected chi connectivity index (χ2v) is 6.48. The predicted molar refractivity (Wildman–Crippen MR) is 112 cm³/mol. The summed E-state index contributed by atoms with van der Waals surface area (Å²) in [6, 6.07) is 15.9. The second kappa shape index (κ2) is 9.01. The van der Waals surface area contributed by atoms with Crippen molar-refractivity contribution in [2.45, 2.75) is 13.8 Å². The van der Waals surface area contributed by atoms with Gasteiger partial charge in [-0.1, -0.05) is 18.2 Å². The van der Waals surface area contributed by atoms with Gasteiger partial charge in [0.2, 0.25) is 0 Å². The molecule has 0 saturated carbocycles. The average Bonchev–Trinajstić information content (AvgIpc) is 2.96.